The zero-order chi connectivity index (χ0) is 14.7. The van der Waals surface area contributed by atoms with Crippen molar-refractivity contribution in [2.24, 2.45) is 11.8 Å². The molecule has 1 heterocycles. The molecule has 2 rings (SSSR count). The second-order valence-corrected chi connectivity index (χ2v) is 5.32. The van der Waals surface area contributed by atoms with Crippen LogP contribution in [-0.4, -0.2) is 30.9 Å². The van der Waals surface area contributed by atoms with Gasteiger partial charge in [0.25, 0.3) is 0 Å². The number of nitrogens with one attached hydrogen (secondary N) is 1. The lowest BCUT2D eigenvalue weighted by molar-refractivity contribution is -0.136. The molecular formula is C15H18FN3O. The average molecular weight is 275 g/mol. The predicted octanol–water partition coefficient (Wildman–Crippen LogP) is 1.51. The summed E-state index contributed by atoms with van der Waals surface area (Å²) in [5.74, 6) is -0.0800. The van der Waals surface area contributed by atoms with Crippen LogP contribution in [0.4, 0.5) is 4.39 Å². The van der Waals surface area contributed by atoms with Gasteiger partial charge in [0.2, 0.25) is 5.91 Å². The van der Waals surface area contributed by atoms with Crippen molar-refractivity contribution < 1.29 is 9.18 Å². The van der Waals surface area contributed by atoms with E-state index in [0.29, 0.717) is 17.0 Å². The Labute approximate surface area is 118 Å². The van der Waals surface area contributed by atoms with Crippen LogP contribution >= 0.6 is 0 Å². The number of hydrogen-bond donors (Lipinski definition) is 1. The number of carbonyl (C=O) groups is 1. The molecule has 1 aromatic rings. The number of amides is 1. The summed E-state index contributed by atoms with van der Waals surface area (Å²) < 4.78 is 13.7. The normalized spacial score (nSPS) is 16.1. The van der Waals surface area contributed by atoms with Crippen molar-refractivity contribution in [2.75, 3.05) is 20.1 Å². The summed E-state index contributed by atoms with van der Waals surface area (Å²) in [4.78, 5) is 13.8. The van der Waals surface area contributed by atoms with Gasteiger partial charge in [0.15, 0.2) is 0 Å². The number of carbonyl (C=O) groups excluding carboxylic acids is 1. The van der Waals surface area contributed by atoms with Crippen molar-refractivity contribution >= 4 is 5.91 Å². The molecule has 0 aromatic heterocycles. The number of nitrogens with zero attached hydrogens (tertiary/aromatic N) is 2. The molecule has 1 aliphatic heterocycles. The van der Waals surface area contributed by atoms with Crippen LogP contribution in [-0.2, 0) is 11.3 Å². The highest BCUT2D eigenvalue weighted by molar-refractivity contribution is 5.78. The molecule has 0 spiro atoms. The molecule has 1 aromatic carbocycles. The number of halogens is 1. The molecule has 5 heteroatoms. The predicted molar refractivity (Wildman–Crippen MR) is 73.1 cm³/mol. The first kappa shape index (κ1) is 14.5. The fraction of sp³-hybridized carbons (Fsp3) is 0.467. The molecule has 1 unspecified atom stereocenters. The Bertz CT molecular complexity index is 549. The lowest BCUT2D eigenvalue weighted by atomic mass is 9.88. The summed E-state index contributed by atoms with van der Waals surface area (Å²) in [6, 6.07) is 6.18. The summed E-state index contributed by atoms with van der Waals surface area (Å²) in [7, 11) is 1.67. The van der Waals surface area contributed by atoms with E-state index in [-0.39, 0.29) is 24.2 Å². The molecule has 1 atom stereocenters. The SMILES string of the molecule is CC(C(=O)N(C)Cc1cc(C#N)ccc1F)C1CNC1. The van der Waals surface area contributed by atoms with Gasteiger partial charge in [-0.25, -0.2) is 4.39 Å². The van der Waals surface area contributed by atoms with E-state index in [1.807, 2.05) is 13.0 Å². The van der Waals surface area contributed by atoms with Crippen LogP contribution in [0.3, 0.4) is 0 Å². The van der Waals surface area contributed by atoms with E-state index in [0.717, 1.165) is 13.1 Å². The highest BCUT2D eigenvalue weighted by atomic mass is 19.1. The third kappa shape index (κ3) is 2.97. The third-order valence-corrected chi connectivity index (χ3v) is 3.87. The lowest BCUT2D eigenvalue weighted by Crippen LogP contribution is -2.49. The van der Waals surface area contributed by atoms with Crippen molar-refractivity contribution in [3.8, 4) is 6.07 Å². The molecule has 20 heavy (non-hydrogen) atoms. The van der Waals surface area contributed by atoms with Crippen LogP contribution in [0.2, 0.25) is 0 Å². The van der Waals surface area contributed by atoms with Crippen molar-refractivity contribution in [1.82, 2.24) is 10.2 Å². The van der Waals surface area contributed by atoms with Gasteiger partial charge in [-0.2, -0.15) is 5.26 Å². The smallest absolute Gasteiger partial charge is 0.225 e. The Morgan fingerprint density at radius 1 is 1.60 bits per heavy atom. The maximum atomic E-state index is 13.7. The number of rotatable bonds is 4. The summed E-state index contributed by atoms with van der Waals surface area (Å²) in [5, 5.41) is 12.0. The van der Waals surface area contributed by atoms with Gasteiger partial charge in [0.05, 0.1) is 11.6 Å². The van der Waals surface area contributed by atoms with E-state index < -0.39 is 0 Å². The summed E-state index contributed by atoms with van der Waals surface area (Å²) >= 11 is 0. The van der Waals surface area contributed by atoms with Crippen LogP contribution in [0, 0.1) is 29.0 Å². The van der Waals surface area contributed by atoms with E-state index in [2.05, 4.69) is 5.32 Å². The Kier molecular flexibility index (Phi) is 4.35. The molecule has 1 amide bonds. The van der Waals surface area contributed by atoms with Gasteiger partial charge in [-0.3, -0.25) is 4.79 Å². The van der Waals surface area contributed by atoms with Gasteiger partial charge in [-0.1, -0.05) is 6.92 Å². The average Bonchev–Trinajstić information content (AvgIpc) is 2.38. The van der Waals surface area contributed by atoms with Gasteiger partial charge < -0.3 is 10.2 Å². The van der Waals surface area contributed by atoms with Crippen LogP contribution in [0.1, 0.15) is 18.1 Å². The minimum absolute atomic E-state index is 0.0123. The fourth-order valence-electron chi connectivity index (χ4n) is 2.31. The highest BCUT2D eigenvalue weighted by Crippen LogP contribution is 2.20. The van der Waals surface area contributed by atoms with Gasteiger partial charge in [0.1, 0.15) is 5.82 Å². The second kappa shape index (κ2) is 6.02. The first-order valence-corrected chi connectivity index (χ1v) is 6.67. The molecule has 4 nitrogen and oxygen atoms in total. The van der Waals surface area contributed by atoms with E-state index in [1.165, 1.54) is 23.1 Å². The fourth-order valence-corrected chi connectivity index (χ4v) is 2.31. The Balaban J connectivity index is 2.05. The van der Waals surface area contributed by atoms with Gasteiger partial charge in [0, 0.05) is 25.1 Å². The second-order valence-electron chi connectivity index (χ2n) is 5.32. The summed E-state index contributed by atoms with van der Waals surface area (Å²) in [6.45, 7) is 3.81. The number of benzene rings is 1. The Morgan fingerprint density at radius 3 is 2.85 bits per heavy atom. The first-order valence-electron chi connectivity index (χ1n) is 6.67. The first-order chi connectivity index (χ1) is 9.52. The molecular weight excluding hydrogens is 257 g/mol. The topological polar surface area (TPSA) is 56.1 Å². The quantitative estimate of drug-likeness (QED) is 0.906. The standard InChI is InChI=1S/C15H18FN3O/c1-10(13-7-18-8-13)15(20)19(2)9-12-5-11(6-17)3-4-14(12)16/h3-5,10,13,18H,7-9H2,1-2H3. The Hall–Kier alpha value is -1.93. The molecule has 1 saturated heterocycles. The summed E-state index contributed by atoms with van der Waals surface area (Å²) in [6.07, 6.45) is 0. The molecule has 0 saturated carbocycles. The van der Waals surface area contributed by atoms with Crippen molar-refractivity contribution in [3.63, 3.8) is 0 Å². The van der Waals surface area contributed by atoms with Crippen LogP contribution in [0.5, 0.6) is 0 Å². The van der Waals surface area contributed by atoms with Crippen molar-refractivity contribution in [3.05, 3.63) is 35.1 Å². The molecule has 1 aliphatic rings. The molecule has 1 fully saturated rings. The van der Waals surface area contributed by atoms with Crippen molar-refractivity contribution in [1.29, 1.82) is 5.26 Å². The minimum Gasteiger partial charge on any atom is -0.341 e. The molecule has 1 N–H and O–H groups in total. The van der Waals surface area contributed by atoms with E-state index in [1.54, 1.807) is 7.05 Å². The molecule has 106 valence electrons. The maximum Gasteiger partial charge on any atom is 0.225 e. The third-order valence-electron chi connectivity index (χ3n) is 3.87. The molecule has 0 aliphatic carbocycles. The number of hydrogen-bond acceptors (Lipinski definition) is 3. The monoisotopic (exact) mass is 275 g/mol. The lowest BCUT2D eigenvalue weighted by Gasteiger charge is -2.34. The van der Waals surface area contributed by atoms with E-state index >= 15 is 0 Å². The van der Waals surface area contributed by atoms with E-state index in [9.17, 15) is 9.18 Å². The van der Waals surface area contributed by atoms with E-state index in [4.69, 9.17) is 5.26 Å². The van der Waals surface area contributed by atoms with Crippen LogP contribution in [0.25, 0.3) is 0 Å². The van der Waals surface area contributed by atoms with Crippen LogP contribution < -0.4 is 5.32 Å². The maximum absolute atomic E-state index is 13.7. The van der Waals surface area contributed by atoms with Crippen LogP contribution in [0.15, 0.2) is 18.2 Å². The summed E-state index contributed by atoms with van der Waals surface area (Å²) in [5.41, 5.74) is 0.775. The minimum atomic E-state index is -0.387. The number of nitriles is 1. The highest BCUT2D eigenvalue weighted by Gasteiger charge is 2.30. The zero-order valence-electron chi connectivity index (χ0n) is 11.7. The zero-order valence-corrected chi connectivity index (χ0v) is 11.7. The van der Waals surface area contributed by atoms with Gasteiger partial charge in [-0.05, 0) is 37.2 Å². The molecule has 0 radical (unpaired) electrons. The van der Waals surface area contributed by atoms with Gasteiger partial charge >= 0.3 is 0 Å². The van der Waals surface area contributed by atoms with Gasteiger partial charge in [-0.15, -0.1) is 0 Å². The largest absolute Gasteiger partial charge is 0.341 e. The molecule has 0 bridgehead atoms. The van der Waals surface area contributed by atoms with Crippen molar-refractivity contribution in [2.45, 2.75) is 13.5 Å². The Morgan fingerprint density at radius 2 is 2.30 bits per heavy atom.